The van der Waals surface area contributed by atoms with Crippen LogP contribution in [-0.4, -0.2) is 24.6 Å². The fourth-order valence-electron chi connectivity index (χ4n) is 1.90. The lowest BCUT2D eigenvalue weighted by Gasteiger charge is -2.18. The number of nitrogens with one attached hydrogen (secondary N) is 1. The Morgan fingerprint density at radius 1 is 1.00 bits per heavy atom. The lowest BCUT2D eigenvalue weighted by atomic mass is 10.1. The molecular formula is C19H24N2O3. The Hall–Kier alpha value is -2.53. The van der Waals surface area contributed by atoms with E-state index in [1.165, 1.54) is 0 Å². The Morgan fingerprint density at radius 3 is 2.17 bits per heavy atom. The first-order valence-corrected chi connectivity index (χ1v) is 7.87. The summed E-state index contributed by atoms with van der Waals surface area (Å²) in [4.78, 5) is 11.7. The van der Waals surface area contributed by atoms with E-state index in [-0.39, 0.29) is 12.5 Å². The van der Waals surface area contributed by atoms with Crippen LogP contribution in [0.3, 0.4) is 0 Å². The number of hydrogen-bond donors (Lipinski definition) is 2. The first-order chi connectivity index (χ1) is 11.4. The van der Waals surface area contributed by atoms with Gasteiger partial charge in [-0.15, -0.1) is 0 Å². The van der Waals surface area contributed by atoms with E-state index in [1.807, 2.05) is 56.3 Å². The number of rotatable bonds is 8. The van der Waals surface area contributed by atoms with E-state index in [4.69, 9.17) is 15.2 Å². The van der Waals surface area contributed by atoms with Gasteiger partial charge in [-0.25, -0.2) is 0 Å². The monoisotopic (exact) mass is 328 g/mol. The highest BCUT2D eigenvalue weighted by Gasteiger charge is 2.12. The third kappa shape index (κ3) is 6.71. The molecule has 0 spiro atoms. The molecule has 2 aromatic carbocycles. The molecule has 3 N–H and O–H groups in total. The summed E-state index contributed by atoms with van der Waals surface area (Å²) < 4.78 is 11.1. The van der Waals surface area contributed by atoms with Crippen LogP contribution in [0.2, 0.25) is 0 Å². The predicted octanol–water partition coefficient (Wildman–Crippen LogP) is 2.50. The van der Waals surface area contributed by atoms with Crippen LogP contribution in [-0.2, 0) is 11.4 Å². The van der Waals surface area contributed by atoms with Crippen molar-refractivity contribution in [1.82, 2.24) is 5.32 Å². The molecule has 0 radical (unpaired) electrons. The molecule has 2 rings (SSSR count). The summed E-state index contributed by atoms with van der Waals surface area (Å²) in [5.74, 6) is 1.17. The van der Waals surface area contributed by atoms with E-state index >= 15 is 0 Å². The molecule has 2 aromatic rings. The van der Waals surface area contributed by atoms with Gasteiger partial charge in [0.05, 0.1) is 0 Å². The van der Waals surface area contributed by atoms with Crippen LogP contribution < -0.4 is 20.5 Å². The van der Waals surface area contributed by atoms with Crippen molar-refractivity contribution >= 4 is 5.91 Å². The van der Waals surface area contributed by atoms with Gasteiger partial charge in [-0.1, -0.05) is 30.3 Å². The minimum atomic E-state index is -0.437. The molecule has 0 aliphatic rings. The summed E-state index contributed by atoms with van der Waals surface area (Å²) >= 11 is 0. The largest absolute Gasteiger partial charge is 0.489 e. The topological polar surface area (TPSA) is 73.6 Å². The van der Waals surface area contributed by atoms with E-state index in [2.05, 4.69) is 5.32 Å². The molecule has 0 saturated carbocycles. The fourth-order valence-corrected chi connectivity index (χ4v) is 1.90. The Balaban J connectivity index is 1.74. The minimum absolute atomic E-state index is 0.0414. The molecule has 0 aromatic heterocycles. The predicted molar refractivity (Wildman–Crippen MR) is 94.0 cm³/mol. The van der Waals surface area contributed by atoms with E-state index in [9.17, 15) is 4.79 Å². The maximum absolute atomic E-state index is 11.7. The van der Waals surface area contributed by atoms with Crippen molar-refractivity contribution in [2.24, 2.45) is 5.73 Å². The number of benzene rings is 2. The second kappa shape index (κ2) is 8.36. The summed E-state index contributed by atoms with van der Waals surface area (Å²) in [7, 11) is 0. The van der Waals surface area contributed by atoms with Gasteiger partial charge in [0.25, 0.3) is 5.91 Å². The molecule has 0 aliphatic heterocycles. The van der Waals surface area contributed by atoms with Gasteiger partial charge in [0, 0.05) is 12.1 Å². The SMILES string of the molecule is CC(C)(N)CNC(=O)COc1ccc(OCc2ccccc2)cc1. The van der Waals surface area contributed by atoms with Crippen LogP contribution in [0.25, 0.3) is 0 Å². The lowest BCUT2D eigenvalue weighted by molar-refractivity contribution is -0.123. The molecule has 0 unspecified atom stereocenters. The molecule has 1 amide bonds. The van der Waals surface area contributed by atoms with E-state index in [0.29, 0.717) is 18.9 Å². The average Bonchev–Trinajstić information content (AvgIpc) is 2.57. The number of ether oxygens (including phenoxy) is 2. The second-order valence-corrected chi connectivity index (χ2v) is 6.30. The van der Waals surface area contributed by atoms with Crippen molar-refractivity contribution in [1.29, 1.82) is 0 Å². The van der Waals surface area contributed by atoms with Crippen molar-refractivity contribution in [2.45, 2.75) is 26.0 Å². The first kappa shape index (κ1) is 17.8. The van der Waals surface area contributed by atoms with Gasteiger partial charge in [-0.2, -0.15) is 0 Å². The van der Waals surface area contributed by atoms with Crippen LogP contribution in [0.4, 0.5) is 0 Å². The third-order valence-electron chi connectivity index (χ3n) is 3.18. The Labute approximate surface area is 142 Å². The zero-order valence-electron chi connectivity index (χ0n) is 14.1. The third-order valence-corrected chi connectivity index (χ3v) is 3.18. The fraction of sp³-hybridized carbons (Fsp3) is 0.316. The highest BCUT2D eigenvalue weighted by molar-refractivity contribution is 5.77. The quantitative estimate of drug-likeness (QED) is 0.781. The number of hydrogen-bond acceptors (Lipinski definition) is 4. The van der Waals surface area contributed by atoms with Gasteiger partial charge >= 0.3 is 0 Å². The van der Waals surface area contributed by atoms with Crippen LogP contribution >= 0.6 is 0 Å². The number of amides is 1. The van der Waals surface area contributed by atoms with E-state index in [1.54, 1.807) is 12.1 Å². The van der Waals surface area contributed by atoms with Crippen molar-refractivity contribution in [3.8, 4) is 11.5 Å². The highest BCUT2D eigenvalue weighted by atomic mass is 16.5. The standard InChI is InChI=1S/C19H24N2O3/c1-19(2,20)14-21-18(22)13-24-17-10-8-16(9-11-17)23-12-15-6-4-3-5-7-15/h3-11H,12-14,20H2,1-2H3,(H,21,22). The van der Waals surface area contributed by atoms with Crippen LogP contribution in [0.1, 0.15) is 19.4 Å². The van der Waals surface area contributed by atoms with E-state index < -0.39 is 5.54 Å². The molecule has 0 heterocycles. The molecule has 5 heteroatoms. The Bertz CT molecular complexity index is 634. The van der Waals surface area contributed by atoms with Crippen molar-refractivity contribution in [3.05, 3.63) is 60.2 Å². The molecule has 5 nitrogen and oxygen atoms in total. The van der Waals surface area contributed by atoms with E-state index in [0.717, 1.165) is 11.3 Å². The van der Waals surface area contributed by atoms with Crippen molar-refractivity contribution < 1.29 is 14.3 Å². The summed E-state index contributed by atoms with van der Waals surface area (Å²) in [6.07, 6.45) is 0. The molecular weight excluding hydrogens is 304 g/mol. The van der Waals surface area contributed by atoms with Gasteiger partial charge in [0.2, 0.25) is 0 Å². The second-order valence-electron chi connectivity index (χ2n) is 6.30. The zero-order chi connectivity index (χ0) is 17.4. The molecule has 128 valence electrons. The summed E-state index contributed by atoms with van der Waals surface area (Å²) in [5.41, 5.74) is 6.48. The maximum atomic E-state index is 11.7. The summed E-state index contributed by atoms with van der Waals surface area (Å²) in [6.45, 7) is 4.57. The van der Waals surface area contributed by atoms with Gasteiger partial charge in [0.1, 0.15) is 18.1 Å². The molecule has 24 heavy (non-hydrogen) atoms. The number of nitrogens with two attached hydrogens (primary N) is 1. The van der Waals surface area contributed by atoms with Gasteiger partial charge < -0.3 is 20.5 Å². The lowest BCUT2D eigenvalue weighted by Crippen LogP contribution is -2.46. The molecule has 0 bridgehead atoms. The average molecular weight is 328 g/mol. The highest BCUT2D eigenvalue weighted by Crippen LogP contribution is 2.18. The minimum Gasteiger partial charge on any atom is -0.489 e. The smallest absolute Gasteiger partial charge is 0.258 e. The molecule has 0 fully saturated rings. The van der Waals surface area contributed by atoms with Gasteiger partial charge in [-0.05, 0) is 43.7 Å². The number of carbonyl (C=O) groups is 1. The van der Waals surface area contributed by atoms with Gasteiger partial charge in [0.15, 0.2) is 6.61 Å². The number of carbonyl (C=O) groups excluding carboxylic acids is 1. The Kier molecular flexibility index (Phi) is 6.21. The zero-order valence-corrected chi connectivity index (χ0v) is 14.1. The maximum Gasteiger partial charge on any atom is 0.258 e. The normalized spacial score (nSPS) is 11.0. The van der Waals surface area contributed by atoms with Crippen LogP contribution in [0, 0.1) is 0 Å². The first-order valence-electron chi connectivity index (χ1n) is 7.87. The molecule has 0 aliphatic carbocycles. The molecule has 0 saturated heterocycles. The van der Waals surface area contributed by atoms with Crippen molar-refractivity contribution in [2.75, 3.05) is 13.2 Å². The molecule has 0 atom stereocenters. The van der Waals surface area contributed by atoms with Gasteiger partial charge in [-0.3, -0.25) is 4.79 Å². The van der Waals surface area contributed by atoms with Crippen LogP contribution in [0.15, 0.2) is 54.6 Å². The Morgan fingerprint density at radius 2 is 1.58 bits per heavy atom. The summed E-state index contributed by atoms with van der Waals surface area (Å²) in [6, 6.07) is 17.1. The van der Waals surface area contributed by atoms with Crippen molar-refractivity contribution in [3.63, 3.8) is 0 Å². The van der Waals surface area contributed by atoms with Crippen LogP contribution in [0.5, 0.6) is 11.5 Å². The summed E-state index contributed by atoms with van der Waals surface area (Å²) in [5, 5.41) is 2.73.